The van der Waals surface area contributed by atoms with Gasteiger partial charge in [0.25, 0.3) is 5.91 Å². The van der Waals surface area contributed by atoms with Crippen LogP contribution in [-0.4, -0.2) is 79.5 Å². The summed E-state index contributed by atoms with van der Waals surface area (Å²) in [5.41, 5.74) is 5.68. The van der Waals surface area contributed by atoms with Crippen molar-refractivity contribution in [2.24, 2.45) is 5.92 Å². The van der Waals surface area contributed by atoms with E-state index in [1.807, 2.05) is 11.5 Å². The number of aromatic nitrogens is 2. The van der Waals surface area contributed by atoms with Crippen LogP contribution in [0, 0.1) is 18.7 Å². The van der Waals surface area contributed by atoms with E-state index in [4.69, 9.17) is 12.7 Å². The normalized spacial score (nSPS) is 17.8. The molecule has 5 rings (SSSR count). The number of hydrogen-bond donors (Lipinski definition) is 2. The fourth-order valence-corrected chi connectivity index (χ4v) is 5.22. The van der Waals surface area contributed by atoms with E-state index in [-0.39, 0.29) is 16.8 Å². The second-order valence-electron chi connectivity index (χ2n) is 11.2. The minimum atomic E-state index is -0.568. The highest BCUT2D eigenvalue weighted by molar-refractivity contribution is 6.32. The summed E-state index contributed by atoms with van der Waals surface area (Å²) in [7, 11) is 10.2. The lowest BCUT2D eigenvalue weighted by Gasteiger charge is -2.20. The molecule has 8 nitrogen and oxygen atoms in total. The third kappa shape index (κ3) is 6.62. The van der Waals surface area contributed by atoms with Gasteiger partial charge in [-0.15, -0.1) is 0 Å². The van der Waals surface area contributed by atoms with Crippen LogP contribution in [0.2, 0.25) is 0 Å². The van der Waals surface area contributed by atoms with Gasteiger partial charge in [-0.1, -0.05) is 17.6 Å². The molecule has 2 aliphatic rings. The number of hydrogen-bond acceptors (Lipinski definition) is 6. The van der Waals surface area contributed by atoms with Crippen molar-refractivity contribution in [1.82, 2.24) is 24.8 Å². The van der Waals surface area contributed by atoms with Crippen LogP contribution in [0.3, 0.4) is 0 Å². The van der Waals surface area contributed by atoms with Crippen molar-refractivity contribution < 1.29 is 14.0 Å². The molecule has 2 fully saturated rings. The van der Waals surface area contributed by atoms with E-state index in [0.717, 1.165) is 50.9 Å². The lowest BCUT2D eigenvalue weighted by Crippen LogP contribution is -2.31. The number of anilines is 2. The molecular formula is C29H38BFN6O2. The maximum Gasteiger partial charge on any atom is 0.277 e. The molecule has 0 bridgehead atoms. The van der Waals surface area contributed by atoms with Gasteiger partial charge in [0.05, 0.1) is 29.7 Å². The Morgan fingerprint density at radius 1 is 1.21 bits per heavy atom. The van der Waals surface area contributed by atoms with Crippen LogP contribution in [0.5, 0.6) is 0 Å². The number of amides is 1. The molecule has 1 amide bonds. The average Bonchev–Trinajstić information content (AvgIpc) is 3.43. The van der Waals surface area contributed by atoms with Gasteiger partial charge in [0.1, 0.15) is 13.4 Å². The van der Waals surface area contributed by atoms with Gasteiger partial charge in [-0.3, -0.25) is 9.63 Å². The molecule has 39 heavy (non-hydrogen) atoms. The Morgan fingerprint density at radius 2 is 2.00 bits per heavy atom. The maximum absolute atomic E-state index is 16.0. The van der Waals surface area contributed by atoms with Crippen LogP contribution in [0.25, 0.3) is 11.0 Å². The highest BCUT2D eigenvalue weighted by atomic mass is 19.1. The molecule has 1 saturated heterocycles. The number of nitrogens with zero attached hydrogens (tertiary/aromatic N) is 4. The highest BCUT2D eigenvalue weighted by Gasteiger charge is 2.25. The molecule has 1 aliphatic carbocycles. The zero-order valence-corrected chi connectivity index (χ0v) is 23.2. The van der Waals surface area contributed by atoms with Gasteiger partial charge >= 0.3 is 0 Å². The molecule has 10 heteroatoms. The van der Waals surface area contributed by atoms with Gasteiger partial charge in [0, 0.05) is 24.8 Å². The highest BCUT2D eigenvalue weighted by Crippen LogP contribution is 2.32. The maximum atomic E-state index is 16.0. The van der Waals surface area contributed by atoms with Crippen molar-refractivity contribution in [2.45, 2.75) is 51.6 Å². The number of unbranched alkanes of at least 4 members (excludes halogenated alkanes) is 1. The lowest BCUT2D eigenvalue weighted by atomic mass is 9.94. The summed E-state index contributed by atoms with van der Waals surface area (Å²) in [5, 5.41) is 3.12. The topological polar surface area (TPSA) is 74.7 Å². The first-order valence-electron chi connectivity index (χ1n) is 13.9. The molecule has 0 spiro atoms. The minimum absolute atomic E-state index is 0.0672. The summed E-state index contributed by atoms with van der Waals surface area (Å²) in [6, 6.07) is 7.65. The first kappa shape index (κ1) is 27.6. The van der Waals surface area contributed by atoms with E-state index in [9.17, 15) is 4.79 Å². The third-order valence-electron chi connectivity index (χ3n) is 7.89. The van der Waals surface area contributed by atoms with E-state index >= 15 is 4.39 Å². The monoisotopic (exact) mass is 532 g/mol. The number of imidazole rings is 1. The Hall–Kier alpha value is -2.95. The number of carbonyl (C=O) groups excluding carboxylic acids is 1. The Kier molecular flexibility index (Phi) is 8.54. The van der Waals surface area contributed by atoms with Crippen LogP contribution in [0.1, 0.15) is 48.0 Å². The fourth-order valence-electron chi connectivity index (χ4n) is 5.22. The van der Waals surface area contributed by atoms with Gasteiger partial charge in [-0.25, -0.2) is 14.9 Å². The van der Waals surface area contributed by atoms with Gasteiger partial charge in [0.2, 0.25) is 0 Å². The Labute approximate surface area is 231 Å². The van der Waals surface area contributed by atoms with Crippen LogP contribution >= 0.6 is 0 Å². The molecule has 1 unspecified atom stereocenters. The Morgan fingerprint density at radius 3 is 2.72 bits per heavy atom. The lowest BCUT2D eigenvalue weighted by molar-refractivity contribution is 0.0271. The number of nitrogens with one attached hydrogen (secondary N) is 2. The number of rotatable bonds is 12. The molecule has 1 saturated carbocycles. The van der Waals surface area contributed by atoms with Crippen LogP contribution in [0.15, 0.2) is 30.6 Å². The second-order valence-corrected chi connectivity index (χ2v) is 11.2. The van der Waals surface area contributed by atoms with Crippen LogP contribution < -0.4 is 16.3 Å². The molecule has 3 aromatic rings. The molecular weight excluding hydrogens is 494 g/mol. The number of halogens is 1. The zero-order chi connectivity index (χ0) is 27.5. The number of hydroxylamine groups is 1. The van der Waals surface area contributed by atoms with Crippen molar-refractivity contribution in [1.29, 1.82) is 0 Å². The average molecular weight is 532 g/mol. The van der Waals surface area contributed by atoms with Gasteiger partial charge in [-0.05, 0) is 89.8 Å². The van der Waals surface area contributed by atoms with E-state index < -0.39 is 11.7 Å². The van der Waals surface area contributed by atoms with Gasteiger partial charge < -0.3 is 19.7 Å². The summed E-state index contributed by atoms with van der Waals surface area (Å²) >= 11 is 0. The SMILES string of the molecule is [B]c1ccc(Nc2c(C(=O)NOCC3CC3)cc3c(ncn3CCCCN3CCC(N(C)C)C3)c2F)c(C)c1. The molecule has 1 atom stereocenters. The third-order valence-corrected chi connectivity index (χ3v) is 7.89. The van der Waals surface area contributed by atoms with Crippen molar-refractivity contribution in [3.63, 3.8) is 0 Å². The quantitative estimate of drug-likeness (QED) is 0.211. The summed E-state index contributed by atoms with van der Waals surface area (Å²) < 4.78 is 17.9. The minimum Gasteiger partial charge on any atom is -0.352 e. The van der Waals surface area contributed by atoms with Crippen molar-refractivity contribution in [3.8, 4) is 0 Å². The summed E-state index contributed by atoms with van der Waals surface area (Å²) in [4.78, 5) is 27.8. The Balaban J connectivity index is 1.33. The van der Waals surface area contributed by atoms with E-state index in [2.05, 4.69) is 39.7 Å². The van der Waals surface area contributed by atoms with Crippen LogP contribution in [-0.2, 0) is 11.4 Å². The molecule has 2 N–H and O–H groups in total. The first-order chi connectivity index (χ1) is 18.8. The summed E-state index contributed by atoms with van der Waals surface area (Å²) in [6.07, 6.45) is 7.06. The number of carbonyl (C=O) groups is 1. The molecule has 1 aliphatic heterocycles. The molecule has 2 heterocycles. The molecule has 2 aromatic carbocycles. The van der Waals surface area contributed by atoms with Crippen molar-refractivity contribution in [3.05, 3.63) is 47.5 Å². The van der Waals surface area contributed by atoms with Gasteiger partial charge in [-0.2, -0.15) is 0 Å². The molecule has 206 valence electrons. The number of likely N-dealkylation sites (tertiary alicyclic amines) is 1. The molecule has 1 aromatic heterocycles. The zero-order valence-electron chi connectivity index (χ0n) is 23.2. The summed E-state index contributed by atoms with van der Waals surface area (Å²) in [5.74, 6) is -0.582. The van der Waals surface area contributed by atoms with Crippen molar-refractivity contribution in [2.75, 3.05) is 45.7 Å². The molecule has 2 radical (unpaired) electrons. The summed E-state index contributed by atoms with van der Waals surface area (Å²) in [6.45, 7) is 6.32. The van der Waals surface area contributed by atoms with E-state index in [1.165, 1.54) is 6.42 Å². The van der Waals surface area contributed by atoms with E-state index in [1.54, 1.807) is 30.6 Å². The van der Waals surface area contributed by atoms with Crippen molar-refractivity contribution >= 4 is 41.6 Å². The fraction of sp³-hybridized carbons (Fsp3) is 0.517. The number of fused-ring (bicyclic) bond motifs is 1. The smallest absolute Gasteiger partial charge is 0.277 e. The predicted molar refractivity (Wildman–Crippen MR) is 153 cm³/mol. The van der Waals surface area contributed by atoms with Crippen LogP contribution in [0.4, 0.5) is 15.8 Å². The predicted octanol–water partition coefficient (Wildman–Crippen LogP) is 3.51. The van der Waals surface area contributed by atoms with Gasteiger partial charge in [0.15, 0.2) is 5.82 Å². The standard InChI is InChI=1S/C29H38BFN6O2/c1-19-14-21(30)8-9-24(19)33-27-23(29(38)34-39-17-20-6-7-20)15-25-28(26(27)31)32-18-37(25)12-5-4-11-36-13-10-22(16-36)35(2)3/h8-9,14-15,18,20,22,33H,4-7,10-13,16-17H2,1-3H3,(H,34,38). The second kappa shape index (κ2) is 12.1. The number of likely N-dealkylation sites (N-methyl/N-ethyl adjacent to an activating group) is 1. The largest absolute Gasteiger partial charge is 0.352 e. The number of benzene rings is 2. The van der Waals surface area contributed by atoms with E-state index in [0.29, 0.717) is 41.8 Å². The Bertz CT molecular complexity index is 1320. The first-order valence-corrected chi connectivity index (χ1v) is 13.9. The number of aryl methyl sites for hydroxylation is 2.